The first-order valence-corrected chi connectivity index (χ1v) is 18.7. The molecule has 0 heterocycles. The van der Waals surface area contributed by atoms with Gasteiger partial charge in [0.1, 0.15) is 23.6 Å². The quantitative estimate of drug-likeness (QED) is 0.0241. The van der Waals surface area contributed by atoms with Crippen LogP contribution in [0.4, 0.5) is 15.8 Å². The first kappa shape index (κ1) is 40.6. The summed E-state index contributed by atoms with van der Waals surface area (Å²) in [5.41, 5.74) is 8.40. The molecule has 14 nitrogen and oxygen atoms in total. The number of carbonyl (C=O) groups is 1. The van der Waals surface area contributed by atoms with E-state index in [9.17, 15) is 26.0 Å². The molecule has 4 N–H and O–H groups in total. The number of sulfonamides is 2. The number of carbonyl (C=O) groups excluding carboxylic acids is 1. The molecule has 0 unspecified atom stereocenters. The Bertz CT molecular complexity index is 2370. The van der Waals surface area contributed by atoms with E-state index >= 15 is 0 Å². The van der Waals surface area contributed by atoms with Crippen LogP contribution in [0, 0.1) is 11.3 Å². The minimum absolute atomic E-state index is 0.0478. The Morgan fingerprint density at radius 3 is 1.80 bits per heavy atom. The number of amidine groups is 1. The van der Waals surface area contributed by atoms with E-state index in [1.54, 1.807) is 30.3 Å². The molecule has 5 aromatic rings. The Labute approximate surface area is 312 Å². The minimum atomic E-state index is -4.46. The fourth-order valence-electron chi connectivity index (χ4n) is 5.39. The number of hydrazone groups is 1. The van der Waals surface area contributed by atoms with Gasteiger partial charge < -0.3 is 25.2 Å². The van der Waals surface area contributed by atoms with Gasteiger partial charge in [-0.25, -0.2) is 26.8 Å². The van der Waals surface area contributed by atoms with Crippen molar-refractivity contribution in [3.05, 3.63) is 120 Å². The molecule has 0 aliphatic heterocycles. The number of hydrogen-bond acceptors (Lipinski definition) is 11. The number of nitrogens with one attached hydrogen (secondary N) is 1. The van der Waals surface area contributed by atoms with Crippen LogP contribution >= 0.6 is 0 Å². The molecular formula is C37H37FN6O8S2. The normalized spacial score (nSPS) is 11.8. The third kappa shape index (κ3) is 8.71. The van der Waals surface area contributed by atoms with Gasteiger partial charge in [0, 0.05) is 23.4 Å². The number of aldehydes is 1. The predicted octanol–water partition coefficient (Wildman–Crippen LogP) is 5.67. The Hall–Kier alpha value is -6.17. The first-order chi connectivity index (χ1) is 26.0. The number of ether oxygens (including phenoxy) is 2. The molecule has 0 fully saturated rings. The zero-order valence-corrected chi connectivity index (χ0v) is 31.0. The molecule has 0 saturated heterocycles. The smallest absolute Gasteiger partial charge is 0.264 e. The van der Waals surface area contributed by atoms with Gasteiger partial charge in [-0.2, -0.15) is 5.10 Å². The van der Waals surface area contributed by atoms with E-state index in [0.29, 0.717) is 23.3 Å². The van der Waals surface area contributed by atoms with Gasteiger partial charge in [-0.15, -0.1) is 5.11 Å². The Balaban J connectivity index is 0.00000319. The predicted molar refractivity (Wildman–Crippen MR) is 205 cm³/mol. The molecule has 0 saturated carbocycles. The maximum Gasteiger partial charge on any atom is 0.264 e. The van der Waals surface area contributed by atoms with Gasteiger partial charge in [0.15, 0.2) is 5.84 Å². The van der Waals surface area contributed by atoms with Gasteiger partial charge in [0.05, 0.1) is 48.5 Å². The van der Waals surface area contributed by atoms with Crippen molar-refractivity contribution in [2.45, 2.75) is 9.79 Å². The van der Waals surface area contributed by atoms with E-state index in [1.807, 2.05) is 0 Å². The maximum atomic E-state index is 14.5. The number of aliphatic hydroxyl groups excluding tert-OH is 1. The SMILES string of the molecule is CO.COc1ccc(S(=O)(=O)N(C/C(N=N)=N/N)c2cc(/C=C/c3ccc(F)cc3)c(N(CC=O)S(=O)(=O)c3ccc(OC)cc3)c3ccccc23)cc1. The Morgan fingerprint density at radius 2 is 1.31 bits per heavy atom. The van der Waals surface area contributed by atoms with Crippen molar-refractivity contribution < 1.29 is 40.6 Å². The second kappa shape index (κ2) is 18.0. The lowest BCUT2D eigenvalue weighted by Crippen LogP contribution is -2.36. The molecule has 0 aliphatic rings. The highest BCUT2D eigenvalue weighted by molar-refractivity contribution is 7.93. The van der Waals surface area contributed by atoms with E-state index in [-0.39, 0.29) is 43.3 Å². The molecule has 0 aromatic heterocycles. The number of halogens is 1. The van der Waals surface area contributed by atoms with Gasteiger partial charge in [-0.3, -0.25) is 8.61 Å². The van der Waals surface area contributed by atoms with Crippen LogP contribution in [0.5, 0.6) is 11.5 Å². The van der Waals surface area contributed by atoms with Crippen LogP contribution in [0.3, 0.4) is 0 Å². The first-order valence-electron chi connectivity index (χ1n) is 15.8. The lowest BCUT2D eigenvalue weighted by atomic mass is 10.00. The third-order valence-corrected chi connectivity index (χ3v) is 11.5. The molecule has 54 heavy (non-hydrogen) atoms. The fraction of sp³-hybridized carbons (Fsp3) is 0.135. The lowest BCUT2D eigenvalue weighted by Gasteiger charge is -2.30. The average molecular weight is 777 g/mol. The molecule has 5 rings (SSSR count). The summed E-state index contributed by atoms with van der Waals surface area (Å²) in [6.07, 6.45) is 3.56. The van der Waals surface area contributed by atoms with Crippen molar-refractivity contribution >= 4 is 66.5 Å². The number of aliphatic hydroxyl groups is 1. The van der Waals surface area contributed by atoms with Crippen molar-refractivity contribution in [1.29, 1.82) is 5.53 Å². The molecule has 0 radical (unpaired) electrons. The van der Waals surface area contributed by atoms with Crippen molar-refractivity contribution in [3.63, 3.8) is 0 Å². The zero-order chi connectivity index (χ0) is 39.5. The van der Waals surface area contributed by atoms with Crippen molar-refractivity contribution in [2.24, 2.45) is 16.1 Å². The van der Waals surface area contributed by atoms with Crippen LogP contribution < -0.4 is 23.9 Å². The van der Waals surface area contributed by atoms with Gasteiger partial charge in [-0.1, -0.05) is 48.6 Å². The van der Waals surface area contributed by atoms with Gasteiger partial charge in [0.2, 0.25) is 0 Å². The van der Waals surface area contributed by atoms with Gasteiger partial charge >= 0.3 is 0 Å². The molecular weight excluding hydrogens is 740 g/mol. The van der Waals surface area contributed by atoms with E-state index < -0.39 is 39.0 Å². The van der Waals surface area contributed by atoms with E-state index in [2.05, 4.69) is 10.2 Å². The second-order valence-corrected chi connectivity index (χ2v) is 14.7. The standard InChI is InChI=1S/C36H33FN6O7S2.CH4O/c1-49-28-13-17-30(18-14-28)51(45,46)42(21-22-44)36-26(10-7-25-8-11-27(37)12-9-25)23-34(32-5-3-4-6-33(32)36)43(24-35(40-38)41-39)52(47,48)31-19-15-29(50-2)16-20-31;1-2/h3-20,22-23,38H,21,24,39H2,1-2H3;2H,1H3/b10-7+,40-38?,41-35-;. The fourth-order valence-corrected chi connectivity index (χ4v) is 8.26. The number of methoxy groups -OCH3 is 2. The van der Waals surface area contributed by atoms with Gasteiger partial charge in [0.25, 0.3) is 20.0 Å². The van der Waals surface area contributed by atoms with Crippen molar-refractivity contribution in [3.8, 4) is 11.5 Å². The maximum absolute atomic E-state index is 14.5. The average Bonchev–Trinajstić information content (AvgIpc) is 3.20. The minimum Gasteiger partial charge on any atom is -0.497 e. The summed E-state index contributed by atoms with van der Waals surface area (Å²) in [5, 5.41) is 14.3. The van der Waals surface area contributed by atoms with E-state index in [0.717, 1.165) is 15.7 Å². The molecule has 282 valence electrons. The number of rotatable bonds is 14. The zero-order valence-electron chi connectivity index (χ0n) is 29.3. The van der Waals surface area contributed by atoms with Crippen molar-refractivity contribution in [1.82, 2.24) is 0 Å². The lowest BCUT2D eigenvalue weighted by molar-refractivity contribution is -0.106. The Morgan fingerprint density at radius 1 is 0.796 bits per heavy atom. The number of hydrogen-bond donors (Lipinski definition) is 3. The summed E-state index contributed by atoms with van der Waals surface area (Å²) in [6, 6.07) is 24.7. The summed E-state index contributed by atoms with van der Waals surface area (Å²) < 4.78 is 83.7. The molecule has 0 spiro atoms. The van der Waals surface area contributed by atoms with Crippen LogP contribution in [-0.2, 0) is 24.8 Å². The van der Waals surface area contributed by atoms with Crippen LogP contribution in [0.25, 0.3) is 22.9 Å². The second-order valence-electron chi connectivity index (χ2n) is 11.0. The monoisotopic (exact) mass is 776 g/mol. The van der Waals surface area contributed by atoms with Gasteiger partial charge in [-0.05, 0) is 72.3 Å². The highest BCUT2D eigenvalue weighted by Crippen LogP contribution is 2.42. The molecule has 0 aliphatic carbocycles. The molecule has 5 aromatic carbocycles. The number of fused-ring (bicyclic) bond motifs is 1. The number of nitrogens with two attached hydrogens (primary N) is 1. The van der Waals surface area contributed by atoms with Crippen LogP contribution in [0.1, 0.15) is 11.1 Å². The van der Waals surface area contributed by atoms with Crippen LogP contribution in [0.2, 0.25) is 0 Å². The molecule has 17 heteroatoms. The van der Waals surface area contributed by atoms with E-state index in [4.69, 9.17) is 26.0 Å². The van der Waals surface area contributed by atoms with E-state index in [1.165, 1.54) is 99.2 Å². The number of anilines is 2. The number of nitrogens with zero attached hydrogens (tertiary/aromatic N) is 4. The van der Waals surface area contributed by atoms with Crippen LogP contribution in [0.15, 0.2) is 123 Å². The largest absolute Gasteiger partial charge is 0.497 e. The number of benzene rings is 5. The summed E-state index contributed by atoms with van der Waals surface area (Å²) in [5.74, 6) is 5.52. The summed E-state index contributed by atoms with van der Waals surface area (Å²) in [6.45, 7) is -1.19. The molecule has 0 bridgehead atoms. The summed E-state index contributed by atoms with van der Waals surface area (Å²) in [7, 11) is -5.03. The molecule has 0 atom stereocenters. The third-order valence-electron chi connectivity index (χ3n) is 7.97. The summed E-state index contributed by atoms with van der Waals surface area (Å²) in [4.78, 5) is 11.9. The Kier molecular flexibility index (Phi) is 13.6. The highest BCUT2D eigenvalue weighted by Gasteiger charge is 2.33. The van der Waals surface area contributed by atoms with Crippen molar-refractivity contribution in [2.75, 3.05) is 43.0 Å². The highest BCUT2D eigenvalue weighted by atomic mass is 32.2. The summed E-state index contributed by atoms with van der Waals surface area (Å²) >= 11 is 0. The van der Waals surface area contributed by atoms with Crippen LogP contribution in [-0.4, -0.2) is 68.5 Å². The molecule has 0 amide bonds. The topological polar surface area (TPSA) is 205 Å².